The maximum Gasteiger partial charge on any atom is 0.418 e. The number of nitrogens with zero attached hydrogens (tertiary/aromatic N) is 1. The number of hydrogen-bond acceptors (Lipinski definition) is 2. The number of nitrogens with one attached hydrogen (secondary N) is 2. The lowest BCUT2D eigenvalue weighted by molar-refractivity contribution is -0.0880. The maximum absolute atomic E-state index is 13.2. The third-order valence-corrected chi connectivity index (χ3v) is 5.27. The first kappa shape index (κ1) is 18.3. The summed E-state index contributed by atoms with van der Waals surface area (Å²) in [5.74, 6) is 0.650. The van der Waals surface area contributed by atoms with Gasteiger partial charge in [0, 0.05) is 21.1 Å². The molecule has 3 nitrogen and oxygen atoms in total. The van der Waals surface area contributed by atoms with Gasteiger partial charge in [-0.2, -0.15) is 13.2 Å². The van der Waals surface area contributed by atoms with Crippen LogP contribution in [-0.4, -0.2) is 22.7 Å². The molecule has 2 N–H and O–H groups in total. The van der Waals surface area contributed by atoms with Crippen molar-refractivity contribution in [3.05, 3.63) is 68.6 Å². The molecule has 0 aliphatic carbocycles. The fraction of sp³-hybridized carbons (Fsp3) is 0.105. The summed E-state index contributed by atoms with van der Waals surface area (Å²) in [6.45, 7) is 0.364. The number of rotatable bonds is 2. The van der Waals surface area contributed by atoms with Crippen LogP contribution in [0, 0.1) is 0 Å². The van der Waals surface area contributed by atoms with Gasteiger partial charge in [0.25, 0.3) is 0 Å². The Labute approximate surface area is 169 Å². The van der Waals surface area contributed by atoms with Crippen molar-refractivity contribution < 1.29 is 13.2 Å². The Morgan fingerprint density at radius 2 is 1.70 bits per heavy atom. The van der Waals surface area contributed by atoms with Crippen molar-refractivity contribution in [2.45, 2.75) is 6.18 Å². The molecule has 0 fully saturated rings. The molecule has 0 bridgehead atoms. The average Bonchev–Trinajstić information content (AvgIpc) is 3.05. The summed E-state index contributed by atoms with van der Waals surface area (Å²) in [6.07, 6.45) is -1.82. The third kappa shape index (κ3) is 3.55. The number of fused-ring (bicyclic) bond motifs is 1. The minimum atomic E-state index is -4.41. The molecule has 0 radical (unpaired) electrons. The summed E-state index contributed by atoms with van der Waals surface area (Å²) in [7, 11) is 0. The second-order valence-electron chi connectivity index (χ2n) is 6.02. The Kier molecular flexibility index (Phi) is 4.63. The van der Waals surface area contributed by atoms with Gasteiger partial charge in [0.15, 0.2) is 0 Å². The van der Waals surface area contributed by atoms with Gasteiger partial charge in [0.2, 0.25) is 0 Å². The number of alkyl halides is 3. The lowest BCUT2D eigenvalue weighted by Gasteiger charge is -2.20. The quantitative estimate of drug-likeness (QED) is 0.442. The van der Waals surface area contributed by atoms with Crippen LogP contribution in [0.3, 0.4) is 0 Å². The lowest BCUT2D eigenvalue weighted by Crippen LogP contribution is -2.24. The fourth-order valence-electron chi connectivity index (χ4n) is 2.98. The molecule has 3 aromatic rings. The van der Waals surface area contributed by atoms with Gasteiger partial charge >= 0.3 is 6.18 Å². The highest BCUT2D eigenvalue weighted by Gasteiger charge is 2.35. The predicted molar refractivity (Wildman–Crippen MR) is 107 cm³/mol. The highest BCUT2D eigenvalue weighted by atomic mass is 79.9. The van der Waals surface area contributed by atoms with Crippen LogP contribution in [0.4, 0.5) is 13.2 Å². The van der Waals surface area contributed by atoms with Crippen molar-refractivity contribution in [1.29, 1.82) is 0 Å². The number of aromatic nitrogens is 2. The molecular formula is C19H12Br2F3N3. The molecule has 1 aliphatic rings. The van der Waals surface area contributed by atoms with E-state index in [4.69, 9.17) is 0 Å². The summed E-state index contributed by atoms with van der Waals surface area (Å²) in [6, 6.07) is 10.7. The molecule has 1 aliphatic heterocycles. The van der Waals surface area contributed by atoms with Crippen molar-refractivity contribution in [1.82, 2.24) is 15.3 Å². The van der Waals surface area contributed by atoms with Crippen molar-refractivity contribution >= 4 is 48.6 Å². The molecular weight excluding hydrogens is 487 g/mol. The van der Waals surface area contributed by atoms with E-state index in [1.807, 2.05) is 12.1 Å². The lowest BCUT2D eigenvalue weighted by atomic mass is 10.0. The van der Waals surface area contributed by atoms with Gasteiger partial charge in [-0.3, -0.25) is 0 Å². The molecule has 8 heteroatoms. The summed E-state index contributed by atoms with van der Waals surface area (Å²) < 4.78 is 41.5. The van der Waals surface area contributed by atoms with Gasteiger partial charge in [0.1, 0.15) is 11.3 Å². The predicted octanol–water partition coefficient (Wildman–Crippen LogP) is 6.19. The van der Waals surface area contributed by atoms with E-state index in [1.54, 1.807) is 24.3 Å². The van der Waals surface area contributed by atoms with E-state index in [0.29, 0.717) is 17.9 Å². The van der Waals surface area contributed by atoms with Crippen molar-refractivity contribution in [2.24, 2.45) is 0 Å². The normalized spacial score (nSPS) is 14.7. The number of dihydropyridines is 1. The molecule has 27 heavy (non-hydrogen) atoms. The molecule has 0 saturated heterocycles. The van der Waals surface area contributed by atoms with E-state index in [-0.39, 0.29) is 5.70 Å². The van der Waals surface area contributed by atoms with E-state index < -0.39 is 11.7 Å². The Bertz CT molecular complexity index is 1080. The van der Waals surface area contributed by atoms with Crippen LogP contribution < -0.4 is 5.32 Å². The first-order chi connectivity index (χ1) is 12.8. The van der Waals surface area contributed by atoms with Crippen molar-refractivity contribution in [3.8, 4) is 11.4 Å². The van der Waals surface area contributed by atoms with Crippen LogP contribution in [-0.2, 0) is 0 Å². The molecule has 0 saturated carbocycles. The standard InChI is InChI=1S/C19H12Br2F3N3/c20-12-8-14(21)17-15(9-12)26-18(27-17)11-5-3-10(4-6-11)16-13(19(22,23)24)2-1-7-25-16/h1-6,8-9,25H,7H2,(H,26,27). The Morgan fingerprint density at radius 3 is 2.41 bits per heavy atom. The van der Waals surface area contributed by atoms with E-state index in [2.05, 4.69) is 47.1 Å². The van der Waals surface area contributed by atoms with E-state index in [0.717, 1.165) is 31.6 Å². The summed E-state index contributed by atoms with van der Waals surface area (Å²) in [5.41, 5.74) is 2.34. The zero-order valence-corrected chi connectivity index (χ0v) is 16.8. The molecule has 138 valence electrons. The van der Waals surface area contributed by atoms with Gasteiger partial charge in [-0.15, -0.1) is 0 Å². The van der Waals surface area contributed by atoms with Crippen molar-refractivity contribution in [3.63, 3.8) is 0 Å². The number of aromatic amines is 1. The first-order valence-corrected chi connectivity index (χ1v) is 9.59. The third-order valence-electron chi connectivity index (χ3n) is 4.21. The largest absolute Gasteiger partial charge is 0.418 e. The van der Waals surface area contributed by atoms with Crippen LogP contribution in [0.1, 0.15) is 5.56 Å². The average molecular weight is 499 g/mol. The number of imidazole rings is 1. The van der Waals surface area contributed by atoms with Gasteiger partial charge in [-0.05, 0) is 33.6 Å². The Hall–Kier alpha value is -2.06. The van der Waals surface area contributed by atoms with Crippen LogP contribution >= 0.6 is 31.9 Å². The van der Waals surface area contributed by atoms with Crippen molar-refractivity contribution in [2.75, 3.05) is 6.54 Å². The molecule has 2 aromatic carbocycles. The first-order valence-electron chi connectivity index (χ1n) is 8.00. The second kappa shape index (κ2) is 6.83. The molecule has 0 amide bonds. The monoisotopic (exact) mass is 497 g/mol. The van der Waals surface area contributed by atoms with E-state index in [1.165, 1.54) is 6.08 Å². The number of H-pyrrole nitrogens is 1. The molecule has 1 aromatic heterocycles. The number of halogens is 5. The molecule has 2 heterocycles. The fourth-order valence-corrected chi connectivity index (χ4v) is 4.30. The summed E-state index contributed by atoms with van der Waals surface area (Å²) in [5, 5.41) is 2.82. The molecule has 0 atom stereocenters. The Morgan fingerprint density at radius 1 is 1.00 bits per heavy atom. The smallest absolute Gasteiger partial charge is 0.381 e. The van der Waals surface area contributed by atoms with Crippen LogP contribution in [0.25, 0.3) is 28.1 Å². The van der Waals surface area contributed by atoms with E-state index >= 15 is 0 Å². The van der Waals surface area contributed by atoms with Gasteiger partial charge in [0.05, 0.1) is 16.8 Å². The van der Waals surface area contributed by atoms with Crippen LogP contribution in [0.5, 0.6) is 0 Å². The highest BCUT2D eigenvalue weighted by molar-refractivity contribution is 9.11. The zero-order chi connectivity index (χ0) is 19.2. The second-order valence-corrected chi connectivity index (χ2v) is 7.79. The zero-order valence-electron chi connectivity index (χ0n) is 13.7. The van der Waals surface area contributed by atoms with Crippen LogP contribution in [0.2, 0.25) is 0 Å². The summed E-state index contributed by atoms with van der Waals surface area (Å²) >= 11 is 6.92. The minimum Gasteiger partial charge on any atom is -0.381 e. The maximum atomic E-state index is 13.2. The Balaban J connectivity index is 1.74. The molecule has 0 unspecified atom stereocenters. The number of hydrogen-bond donors (Lipinski definition) is 2. The number of allylic oxidation sites excluding steroid dienone is 2. The van der Waals surface area contributed by atoms with Gasteiger partial charge in [-0.1, -0.05) is 52.3 Å². The van der Waals surface area contributed by atoms with E-state index in [9.17, 15) is 13.2 Å². The number of benzene rings is 2. The molecule has 0 spiro atoms. The topological polar surface area (TPSA) is 40.7 Å². The minimum absolute atomic E-state index is 0.0906. The summed E-state index contributed by atoms with van der Waals surface area (Å²) in [4.78, 5) is 7.81. The van der Waals surface area contributed by atoms with Gasteiger partial charge in [-0.25, -0.2) is 4.98 Å². The highest BCUT2D eigenvalue weighted by Crippen LogP contribution is 2.34. The SMILES string of the molecule is FC(F)(F)C1=C(c2ccc(-c3nc4c(Br)cc(Br)cc4[nH]3)cc2)NCC=C1. The van der Waals surface area contributed by atoms with Crippen LogP contribution in [0.15, 0.2) is 63.1 Å². The van der Waals surface area contributed by atoms with Gasteiger partial charge < -0.3 is 10.3 Å². The molecule has 4 rings (SSSR count).